The monoisotopic (exact) mass is 479 g/mol. The number of halogens is 1. The molecule has 2 aliphatic rings. The van der Waals surface area contributed by atoms with Crippen LogP contribution in [0.25, 0.3) is 0 Å². The van der Waals surface area contributed by atoms with Crippen LogP contribution in [0.1, 0.15) is 44.1 Å². The topological polar surface area (TPSA) is 36.0 Å². The van der Waals surface area contributed by atoms with Gasteiger partial charge in [0.15, 0.2) is 0 Å². The summed E-state index contributed by atoms with van der Waals surface area (Å²) in [7, 11) is 5.43. The molecule has 168 valence electrons. The van der Waals surface area contributed by atoms with Gasteiger partial charge in [0, 0.05) is 31.7 Å². The van der Waals surface area contributed by atoms with Crippen LogP contribution < -0.4 is 4.74 Å². The Balaban J connectivity index is 1.36. The Morgan fingerprint density at radius 1 is 1.17 bits per heavy atom. The highest BCUT2D eigenvalue weighted by Gasteiger charge is 2.25. The van der Waals surface area contributed by atoms with Crippen LogP contribution in [0.5, 0.6) is 5.75 Å². The summed E-state index contributed by atoms with van der Waals surface area (Å²) in [4.78, 5) is 18.6. The quantitative estimate of drug-likeness (QED) is 0.558. The number of hydrogen-bond donors (Lipinski definition) is 0. The van der Waals surface area contributed by atoms with E-state index in [-0.39, 0.29) is 6.03 Å². The first kappa shape index (κ1) is 23.4. The zero-order valence-corrected chi connectivity index (χ0v) is 20.5. The lowest BCUT2D eigenvalue weighted by Crippen LogP contribution is -2.45. The number of methoxy groups -OCH3 is 1. The molecule has 2 saturated heterocycles. The number of carbonyl (C=O) groups excluding carboxylic acids is 1. The van der Waals surface area contributed by atoms with Crippen LogP contribution >= 0.6 is 15.9 Å². The molecule has 1 unspecified atom stereocenters. The van der Waals surface area contributed by atoms with Crippen molar-refractivity contribution in [2.45, 2.75) is 44.9 Å². The molecule has 0 spiro atoms. The minimum absolute atomic E-state index is 0.171. The van der Waals surface area contributed by atoms with Crippen molar-refractivity contribution in [2.24, 2.45) is 11.8 Å². The van der Waals surface area contributed by atoms with Gasteiger partial charge in [-0.05, 0) is 100 Å². The SMILES string of the molecule is COc1ccc(Br)c(CC2CCN(CCCC3CCCN(C(=O)N(C)C)C3)CC2)c1. The number of hydrogen-bond acceptors (Lipinski definition) is 3. The highest BCUT2D eigenvalue weighted by Crippen LogP contribution is 2.29. The van der Waals surface area contributed by atoms with Gasteiger partial charge in [-0.1, -0.05) is 15.9 Å². The van der Waals surface area contributed by atoms with Crippen molar-refractivity contribution < 1.29 is 9.53 Å². The van der Waals surface area contributed by atoms with Crippen LogP contribution in [0.4, 0.5) is 4.79 Å². The fraction of sp³-hybridized carbons (Fsp3) is 0.708. The second-order valence-corrected chi connectivity index (χ2v) is 10.1. The molecule has 3 rings (SSSR count). The summed E-state index contributed by atoms with van der Waals surface area (Å²) in [5, 5.41) is 0. The second-order valence-electron chi connectivity index (χ2n) is 9.22. The summed E-state index contributed by atoms with van der Waals surface area (Å²) in [5.74, 6) is 2.37. The Kier molecular flexibility index (Phi) is 8.87. The van der Waals surface area contributed by atoms with E-state index in [1.807, 2.05) is 25.1 Å². The van der Waals surface area contributed by atoms with Gasteiger partial charge in [-0.15, -0.1) is 0 Å². The molecule has 0 bridgehead atoms. The molecule has 2 heterocycles. The number of benzene rings is 1. The first-order valence-corrected chi connectivity index (χ1v) is 12.3. The fourth-order valence-electron chi connectivity index (χ4n) is 4.92. The van der Waals surface area contributed by atoms with Crippen molar-refractivity contribution in [3.63, 3.8) is 0 Å². The Morgan fingerprint density at radius 2 is 1.93 bits per heavy atom. The number of rotatable bonds is 7. The number of piperidine rings is 2. The van der Waals surface area contributed by atoms with E-state index in [1.165, 1.54) is 61.8 Å². The van der Waals surface area contributed by atoms with E-state index in [0.717, 1.165) is 37.6 Å². The van der Waals surface area contributed by atoms with Crippen molar-refractivity contribution in [1.82, 2.24) is 14.7 Å². The molecule has 1 aromatic rings. The summed E-state index contributed by atoms with van der Waals surface area (Å²) in [6, 6.07) is 6.45. The van der Waals surface area contributed by atoms with Gasteiger partial charge in [-0.25, -0.2) is 4.79 Å². The molecule has 5 nitrogen and oxygen atoms in total. The molecule has 0 N–H and O–H groups in total. The molecular weight excluding hydrogens is 442 g/mol. The molecule has 2 amide bonds. The van der Waals surface area contributed by atoms with Crippen LogP contribution in [-0.2, 0) is 6.42 Å². The average molecular weight is 480 g/mol. The van der Waals surface area contributed by atoms with Gasteiger partial charge in [0.2, 0.25) is 0 Å². The minimum atomic E-state index is 0.171. The third kappa shape index (κ3) is 6.61. The molecule has 0 saturated carbocycles. The van der Waals surface area contributed by atoms with Crippen LogP contribution in [0.3, 0.4) is 0 Å². The van der Waals surface area contributed by atoms with Crippen LogP contribution in [0.15, 0.2) is 22.7 Å². The first-order chi connectivity index (χ1) is 14.5. The Labute approximate surface area is 190 Å². The smallest absolute Gasteiger partial charge is 0.319 e. The van der Waals surface area contributed by atoms with Gasteiger partial charge in [0.25, 0.3) is 0 Å². The molecule has 1 aromatic carbocycles. The van der Waals surface area contributed by atoms with Crippen molar-refractivity contribution in [3.05, 3.63) is 28.2 Å². The lowest BCUT2D eigenvalue weighted by Gasteiger charge is -2.35. The van der Waals surface area contributed by atoms with Gasteiger partial charge in [0.1, 0.15) is 5.75 Å². The lowest BCUT2D eigenvalue weighted by atomic mass is 9.89. The maximum atomic E-state index is 12.2. The highest BCUT2D eigenvalue weighted by molar-refractivity contribution is 9.10. The second kappa shape index (κ2) is 11.4. The van der Waals surface area contributed by atoms with Gasteiger partial charge in [0.05, 0.1) is 7.11 Å². The predicted molar refractivity (Wildman–Crippen MR) is 126 cm³/mol. The van der Waals surface area contributed by atoms with E-state index in [4.69, 9.17) is 4.74 Å². The molecule has 30 heavy (non-hydrogen) atoms. The van der Waals surface area contributed by atoms with Crippen molar-refractivity contribution in [1.29, 1.82) is 0 Å². The molecule has 2 fully saturated rings. The fourth-order valence-corrected chi connectivity index (χ4v) is 5.33. The third-order valence-corrected chi connectivity index (χ3v) is 7.50. The highest BCUT2D eigenvalue weighted by atomic mass is 79.9. The van der Waals surface area contributed by atoms with Crippen molar-refractivity contribution >= 4 is 22.0 Å². The van der Waals surface area contributed by atoms with Crippen molar-refractivity contribution in [2.75, 3.05) is 53.9 Å². The van der Waals surface area contributed by atoms with E-state index in [1.54, 1.807) is 12.0 Å². The molecule has 0 aromatic heterocycles. The largest absolute Gasteiger partial charge is 0.497 e. The first-order valence-electron chi connectivity index (χ1n) is 11.5. The Morgan fingerprint density at radius 3 is 2.63 bits per heavy atom. The molecule has 1 atom stereocenters. The minimum Gasteiger partial charge on any atom is -0.497 e. The van der Waals surface area contributed by atoms with E-state index in [2.05, 4.69) is 33.0 Å². The maximum Gasteiger partial charge on any atom is 0.319 e. The lowest BCUT2D eigenvalue weighted by molar-refractivity contribution is 0.135. The standard InChI is InChI=1S/C24H38BrN3O2/c1-26(2)24(29)28-13-5-7-20(18-28)6-4-12-27-14-10-19(11-15-27)16-21-17-22(30-3)8-9-23(21)25/h8-9,17,19-20H,4-7,10-16,18H2,1-3H3. The predicted octanol–water partition coefficient (Wildman–Crippen LogP) is 4.89. The number of nitrogens with zero attached hydrogens (tertiary/aromatic N) is 3. The summed E-state index contributed by atoms with van der Waals surface area (Å²) in [5.41, 5.74) is 1.36. The van der Waals surface area contributed by atoms with Gasteiger partial charge in [-0.2, -0.15) is 0 Å². The summed E-state index contributed by atoms with van der Waals surface area (Å²) in [6.45, 7) is 5.48. The Bertz CT molecular complexity index is 689. The number of amides is 2. The molecule has 0 radical (unpaired) electrons. The molecule has 2 aliphatic heterocycles. The summed E-state index contributed by atoms with van der Waals surface area (Å²) >= 11 is 3.70. The number of carbonyl (C=O) groups is 1. The zero-order valence-electron chi connectivity index (χ0n) is 18.9. The van der Waals surface area contributed by atoms with Crippen LogP contribution in [-0.4, -0.2) is 74.7 Å². The normalized spacial score (nSPS) is 20.9. The van der Waals surface area contributed by atoms with Gasteiger partial charge in [-0.3, -0.25) is 0 Å². The number of ether oxygens (including phenoxy) is 1. The van der Waals surface area contributed by atoms with E-state index in [0.29, 0.717) is 5.92 Å². The summed E-state index contributed by atoms with van der Waals surface area (Å²) in [6.07, 6.45) is 8.60. The van der Waals surface area contributed by atoms with Crippen LogP contribution in [0.2, 0.25) is 0 Å². The molecular formula is C24H38BrN3O2. The Hall–Kier alpha value is -1.27. The average Bonchev–Trinajstić information content (AvgIpc) is 2.76. The third-order valence-electron chi connectivity index (χ3n) is 6.73. The van der Waals surface area contributed by atoms with E-state index in [9.17, 15) is 4.79 Å². The maximum absolute atomic E-state index is 12.2. The van der Waals surface area contributed by atoms with E-state index < -0.39 is 0 Å². The van der Waals surface area contributed by atoms with Crippen molar-refractivity contribution in [3.8, 4) is 5.75 Å². The van der Waals surface area contributed by atoms with Gasteiger partial charge < -0.3 is 19.4 Å². The van der Waals surface area contributed by atoms with E-state index >= 15 is 0 Å². The molecule has 0 aliphatic carbocycles. The molecule has 6 heteroatoms. The summed E-state index contributed by atoms with van der Waals surface area (Å²) < 4.78 is 6.58. The number of urea groups is 1. The van der Waals surface area contributed by atoms with Gasteiger partial charge >= 0.3 is 6.03 Å². The van der Waals surface area contributed by atoms with Crippen LogP contribution in [0, 0.1) is 11.8 Å². The number of likely N-dealkylation sites (tertiary alicyclic amines) is 2. The zero-order chi connectivity index (χ0) is 21.5.